The number of hydrogen-bond acceptors (Lipinski definition) is 5. The molecule has 1 rings (SSSR count). The summed E-state index contributed by atoms with van der Waals surface area (Å²) in [6, 6.07) is 7.37. The molecule has 0 aliphatic rings. The van der Waals surface area contributed by atoms with Gasteiger partial charge in [-0.3, -0.25) is 0 Å². The predicted molar refractivity (Wildman–Crippen MR) is 64.1 cm³/mol. The van der Waals surface area contributed by atoms with Crippen molar-refractivity contribution in [3.8, 4) is 6.07 Å². The van der Waals surface area contributed by atoms with Crippen molar-refractivity contribution >= 4 is 10.0 Å². The van der Waals surface area contributed by atoms with Crippen LogP contribution >= 0.6 is 0 Å². The molecule has 1 aromatic carbocycles. The molecule has 0 amide bonds. The second-order valence-electron chi connectivity index (χ2n) is 3.49. The van der Waals surface area contributed by atoms with Crippen LogP contribution in [0.15, 0.2) is 29.2 Å². The number of nitriles is 1. The average molecular weight is 270 g/mol. The molecule has 1 aromatic rings. The summed E-state index contributed by atoms with van der Waals surface area (Å²) in [5.74, 6) is 0. The second-order valence-corrected chi connectivity index (χ2v) is 5.43. The molecule has 0 heterocycles. The zero-order valence-electron chi connectivity index (χ0n) is 9.65. The highest BCUT2D eigenvalue weighted by atomic mass is 32.2. The van der Waals surface area contributed by atoms with Crippen LogP contribution in [0.4, 0.5) is 0 Å². The zero-order valence-corrected chi connectivity index (χ0v) is 10.5. The summed E-state index contributed by atoms with van der Waals surface area (Å²) < 4.78 is 25.3. The lowest BCUT2D eigenvalue weighted by molar-refractivity contribution is 0.217. The van der Waals surface area contributed by atoms with Gasteiger partial charge in [-0.15, -0.1) is 0 Å². The van der Waals surface area contributed by atoms with Crippen molar-refractivity contribution in [3.63, 3.8) is 0 Å². The van der Waals surface area contributed by atoms with Crippen LogP contribution in [0.3, 0.4) is 0 Å². The Labute approximate surface area is 106 Å². The van der Waals surface area contributed by atoms with Crippen LogP contribution in [-0.2, 0) is 10.0 Å². The number of hydrogen-bond donors (Lipinski definition) is 2. The first kappa shape index (κ1) is 14.6. The van der Waals surface area contributed by atoms with Gasteiger partial charge in [0.25, 0.3) is 0 Å². The van der Waals surface area contributed by atoms with Crippen LogP contribution in [0.5, 0.6) is 0 Å². The van der Waals surface area contributed by atoms with Gasteiger partial charge in [0.05, 0.1) is 29.7 Å². The number of nitrogens with zero attached hydrogens (tertiary/aromatic N) is 2. The number of sulfonamides is 1. The normalized spacial score (nSPS) is 11.4. The Morgan fingerprint density at radius 2 is 1.61 bits per heavy atom. The molecule has 18 heavy (non-hydrogen) atoms. The topological polar surface area (TPSA) is 102 Å². The molecule has 98 valence electrons. The Morgan fingerprint density at radius 1 is 1.11 bits per heavy atom. The summed E-state index contributed by atoms with van der Waals surface area (Å²) in [5, 5.41) is 26.3. The highest BCUT2D eigenvalue weighted by Gasteiger charge is 2.23. The van der Waals surface area contributed by atoms with Crippen LogP contribution in [0.1, 0.15) is 5.56 Å². The molecule has 0 bridgehead atoms. The Kier molecular flexibility index (Phi) is 5.25. The molecule has 7 heteroatoms. The van der Waals surface area contributed by atoms with Gasteiger partial charge in [0.2, 0.25) is 10.0 Å². The van der Waals surface area contributed by atoms with E-state index in [1.807, 2.05) is 6.07 Å². The van der Waals surface area contributed by atoms with Crippen LogP contribution < -0.4 is 0 Å². The van der Waals surface area contributed by atoms with E-state index in [1.54, 1.807) is 0 Å². The van der Waals surface area contributed by atoms with E-state index < -0.39 is 10.0 Å². The van der Waals surface area contributed by atoms with Crippen molar-refractivity contribution in [1.29, 1.82) is 5.26 Å². The molecule has 0 spiro atoms. The Hall–Kier alpha value is -1.46. The highest BCUT2D eigenvalue weighted by Crippen LogP contribution is 2.15. The quantitative estimate of drug-likeness (QED) is 0.728. The molecular weight excluding hydrogens is 256 g/mol. The number of aliphatic hydroxyl groups excluding tert-OH is 2. The van der Waals surface area contributed by atoms with E-state index in [9.17, 15) is 8.42 Å². The molecule has 0 radical (unpaired) electrons. The monoisotopic (exact) mass is 270 g/mol. The van der Waals surface area contributed by atoms with E-state index in [2.05, 4.69) is 0 Å². The Bertz CT molecular complexity index is 513. The van der Waals surface area contributed by atoms with Crippen molar-refractivity contribution in [2.75, 3.05) is 26.3 Å². The van der Waals surface area contributed by atoms with Crippen molar-refractivity contribution in [2.45, 2.75) is 4.90 Å². The largest absolute Gasteiger partial charge is 0.395 e. The highest BCUT2D eigenvalue weighted by molar-refractivity contribution is 7.89. The number of rotatable bonds is 6. The Balaban J connectivity index is 3.06. The summed E-state index contributed by atoms with van der Waals surface area (Å²) >= 11 is 0. The predicted octanol–water partition coefficient (Wildman–Crippen LogP) is -0.466. The molecule has 6 nitrogen and oxygen atoms in total. The fourth-order valence-electron chi connectivity index (χ4n) is 1.43. The van der Waals surface area contributed by atoms with Crippen molar-refractivity contribution in [2.24, 2.45) is 0 Å². The van der Waals surface area contributed by atoms with Gasteiger partial charge >= 0.3 is 0 Å². The van der Waals surface area contributed by atoms with E-state index >= 15 is 0 Å². The van der Waals surface area contributed by atoms with Gasteiger partial charge in [-0.1, -0.05) is 0 Å². The third-order valence-electron chi connectivity index (χ3n) is 2.32. The third kappa shape index (κ3) is 3.27. The average Bonchev–Trinajstić information content (AvgIpc) is 2.38. The van der Waals surface area contributed by atoms with Gasteiger partial charge in [0, 0.05) is 13.1 Å². The van der Waals surface area contributed by atoms with Crippen LogP contribution in [0.2, 0.25) is 0 Å². The summed E-state index contributed by atoms with van der Waals surface area (Å²) in [4.78, 5) is 0.0309. The maximum atomic E-state index is 12.1. The van der Waals surface area contributed by atoms with Gasteiger partial charge in [0.15, 0.2) is 0 Å². The van der Waals surface area contributed by atoms with Crippen molar-refractivity contribution < 1.29 is 18.6 Å². The fraction of sp³-hybridized carbons (Fsp3) is 0.364. The molecule has 0 fully saturated rings. The molecule has 0 aromatic heterocycles. The smallest absolute Gasteiger partial charge is 0.243 e. The third-order valence-corrected chi connectivity index (χ3v) is 4.23. The summed E-state index contributed by atoms with van der Waals surface area (Å²) in [7, 11) is -3.75. The minimum absolute atomic E-state index is 0.0309. The second kappa shape index (κ2) is 6.47. The van der Waals surface area contributed by atoms with Gasteiger partial charge < -0.3 is 10.2 Å². The molecule has 0 unspecified atom stereocenters. The van der Waals surface area contributed by atoms with E-state index in [4.69, 9.17) is 15.5 Å². The minimum atomic E-state index is -3.75. The lowest BCUT2D eigenvalue weighted by Gasteiger charge is -2.20. The minimum Gasteiger partial charge on any atom is -0.395 e. The maximum Gasteiger partial charge on any atom is 0.243 e. The van der Waals surface area contributed by atoms with E-state index in [1.165, 1.54) is 24.3 Å². The number of aliphatic hydroxyl groups is 2. The molecule has 0 aliphatic carbocycles. The van der Waals surface area contributed by atoms with Crippen LogP contribution in [0, 0.1) is 11.3 Å². The molecule has 0 saturated carbocycles. The zero-order chi connectivity index (χ0) is 13.6. The summed E-state index contributed by atoms with van der Waals surface area (Å²) in [6.07, 6.45) is 0. The van der Waals surface area contributed by atoms with E-state index in [-0.39, 0.29) is 31.2 Å². The SMILES string of the molecule is N#Cc1ccc(S(=O)(=O)N(CCO)CCO)cc1. The molecular formula is C11H14N2O4S. The molecule has 0 aliphatic heterocycles. The van der Waals surface area contributed by atoms with Gasteiger partial charge in [0.1, 0.15) is 0 Å². The van der Waals surface area contributed by atoms with Crippen LogP contribution in [-0.4, -0.2) is 49.2 Å². The van der Waals surface area contributed by atoms with Crippen molar-refractivity contribution in [3.05, 3.63) is 29.8 Å². The fourth-order valence-corrected chi connectivity index (χ4v) is 2.85. The summed E-state index contributed by atoms with van der Waals surface area (Å²) in [5.41, 5.74) is 0.366. The standard InChI is InChI=1S/C11H14N2O4S/c12-9-10-1-3-11(4-2-10)18(16,17)13(5-7-14)6-8-15/h1-4,14-15H,5-8H2. The molecule has 0 atom stereocenters. The summed E-state index contributed by atoms with van der Waals surface area (Å²) in [6.45, 7) is -0.809. The van der Waals surface area contributed by atoms with Crippen molar-refractivity contribution in [1.82, 2.24) is 4.31 Å². The first-order chi connectivity index (χ1) is 8.56. The molecule has 0 saturated heterocycles. The van der Waals surface area contributed by atoms with E-state index in [0.717, 1.165) is 4.31 Å². The maximum absolute atomic E-state index is 12.1. The molecule has 2 N–H and O–H groups in total. The van der Waals surface area contributed by atoms with E-state index in [0.29, 0.717) is 5.56 Å². The van der Waals surface area contributed by atoms with Crippen LogP contribution in [0.25, 0.3) is 0 Å². The van der Waals surface area contributed by atoms with Gasteiger partial charge in [-0.25, -0.2) is 8.42 Å². The lowest BCUT2D eigenvalue weighted by Crippen LogP contribution is -2.35. The van der Waals surface area contributed by atoms with Gasteiger partial charge in [-0.2, -0.15) is 9.57 Å². The van der Waals surface area contributed by atoms with Gasteiger partial charge in [-0.05, 0) is 24.3 Å². The Morgan fingerprint density at radius 3 is 2.00 bits per heavy atom. The number of benzene rings is 1. The first-order valence-electron chi connectivity index (χ1n) is 5.28. The lowest BCUT2D eigenvalue weighted by atomic mass is 10.2. The first-order valence-corrected chi connectivity index (χ1v) is 6.72.